The van der Waals surface area contributed by atoms with Crippen molar-refractivity contribution in [1.82, 2.24) is 14.9 Å². The number of aromatic nitrogens is 2. The maximum atomic E-state index is 13.0. The Kier molecular flexibility index (Phi) is 3.89. The monoisotopic (exact) mass is 425 g/mol. The summed E-state index contributed by atoms with van der Waals surface area (Å²) < 4.78 is 7.01. The zero-order valence-electron chi connectivity index (χ0n) is 17.3. The molecule has 2 N–H and O–H groups in total. The Morgan fingerprint density at radius 1 is 1.03 bits per heavy atom. The van der Waals surface area contributed by atoms with Gasteiger partial charge in [-0.3, -0.25) is 14.9 Å². The summed E-state index contributed by atoms with van der Waals surface area (Å²) in [4.78, 5) is 41.2. The third-order valence-corrected chi connectivity index (χ3v) is 6.40. The average molecular weight is 425 g/mol. The van der Waals surface area contributed by atoms with E-state index in [0.29, 0.717) is 27.7 Å². The number of carbonyl (C=O) groups excluding carboxylic acids is 3. The van der Waals surface area contributed by atoms with Gasteiger partial charge in [-0.25, -0.2) is 4.79 Å². The minimum Gasteiger partial charge on any atom is -0.465 e. The predicted molar refractivity (Wildman–Crippen MR) is 120 cm³/mol. The highest BCUT2D eigenvalue weighted by Gasteiger charge is 2.35. The number of aromatic amines is 1. The molecule has 2 aliphatic rings. The molecule has 2 aliphatic heterocycles. The Morgan fingerprint density at radius 2 is 1.84 bits per heavy atom. The van der Waals surface area contributed by atoms with Gasteiger partial charge in [-0.1, -0.05) is 18.2 Å². The molecule has 7 heteroatoms. The van der Waals surface area contributed by atoms with Crippen LogP contribution in [-0.2, 0) is 27.3 Å². The minimum absolute atomic E-state index is 0.312. The van der Waals surface area contributed by atoms with Crippen LogP contribution in [0.25, 0.3) is 33.0 Å². The number of para-hydroxylation sites is 1. The van der Waals surface area contributed by atoms with Gasteiger partial charge in [0.25, 0.3) is 11.8 Å². The smallest absolute Gasteiger partial charge is 0.337 e. The van der Waals surface area contributed by atoms with Gasteiger partial charge in [-0.2, -0.15) is 0 Å². The van der Waals surface area contributed by atoms with Crippen LogP contribution >= 0.6 is 0 Å². The molecule has 158 valence electrons. The number of benzene rings is 2. The number of hydrogen-bond donors (Lipinski definition) is 2. The van der Waals surface area contributed by atoms with Crippen LogP contribution in [0, 0.1) is 0 Å². The third kappa shape index (κ3) is 2.51. The first kappa shape index (κ1) is 18.6. The van der Waals surface area contributed by atoms with Crippen molar-refractivity contribution in [3.05, 3.63) is 71.0 Å². The number of carbonyl (C=O) groups is 3. The number of hydrogen-bond acceptors (Lipinski definition) is 4. The highest BCUT2D eigenvalue weighted by molar-refractivity contribution is 6.50. The van der Waals surface area contributed by atoms with E-state index >= 15 is 0 Å². The van der Waals surface area contributed by atoms with Crippen molar-refractivity contribution in [3.63, 3.8) is 0 Å². The molecule has 0 spiro atoms. The number of aryl methyl sites for hydroxylation is 2. The first-order valence-corrected chi connectivity index (χ1v) is 10.5. The average Bonchev–Trinajstić information content (AvgIpc) is 3.47. The Labute approximate surface area is 182 Å². The summed E-state index contributed by atoms with van der Waals surface area (Å²) in [5.41, 5.74) is 5.52. The van der Waals surface area contributed by atoms with Gasteiger partial charge in [0, 0.05) is 46.4 Å². The summed E-state index contributed by atoms with van der Waals surface area (Å²) in [5.74, 6) is -1.32. The topological polar surface area (TPSA) is 93.2 Å². The van der Waals surface area contributed by atoms with Gasteiger partial charge in [0.2, 0.25) is 0 Å². The summed E-state index contributed by atoms with van der Waals surface area (Å²) in [5, 5.41) is 4.12. The molecule has 0 saturated heterocycles. The van der Waals surface area contributed by atoms with Crippen molar-refractivity contribution in [2.45, 2.75) is 19.4 Å². The lowest BCUT2D eigenvalue weighted by Crippen LogP contribution is -2.22. The van der Waals surface area contributed by atoms with E-state index in [1.165, 1.54) is 12.7 Å². The molecule has 0 aliphatic carbocycles. The van der Waals surface area contributed by atoms with Gasteiger partial charge in [-0.05, 0) is 36.6 Å². The second-order valence-electron chi connectivity index (χ2n) is 8.14. The Bertz CT molecular complexity index is 1520. The van der Waals surface area contributed by atoms with E-state index in [9.17, 15) is 14.4 Å². The second-order valence-corrected chi connectivity index (χ2v) is 8.14. The van der Waals surface area contributed by atoms with Gasteiger partial charge in [-0.15, -0.1) is 0 Å². The molecule has 2 amide bonds. The summed E-state index contributed by atoms with van der Waals surface area (Å²) in [6, 6.07) is 11.2. The normalized spacial score (nSPS) is 15.7. The van der Waals surface area contributed by atoms with E-state index in [1.807, 2.05) is 18.3 Å². The summed E-state index contributed by atoms with van der Waals surface area (Å²) in [6.45, 7) is 0.876. The van der Waals surface area contributed by atoms with Crippen LogP contribution in [0.2, 0.25) is 0 Å². The van der Waals surface area contributed by atoms with Crippen LogP contribution in [0.3, 0.4) is 0 Å². The van der Waals surface area contributed by atoms with E-state index < -0.39 is 17.8 Å². The molecule has 2 aromatic carbocycles. The third-order valence-electron chi connectivity index (χ3n) is 6.40. The lowest BCUT2D eigenvalue weighted by atomic mass is 9.94. The van der Waals surface area contributed by atoms with Crippen molar-refractivity contribution >= 4 is 50.7 Å². The number of amides is 2. The van der Waals surface area contributed by atoms with Crippen LogP contribution in [0.4, 0.5) is 0 Å². The molecular weight excluding hydrogens is 406 g/mol. The van der Waals surface area contributed by atoms with Crippen LogP contribution in [0.1, 0.15) is 33.5 Å². The number of imide groups is 1. The molecule has 0 atom stereocenters. The highest BCUT2D eigenvalue weighted by atomic mass is 16.5. The van der Waals surface area contributed by atoms with E-state index in [1.54, 1.807) is 24.4 Å². The van der Waals surface area contributed by atoms with E-state index in [4.69, 9.17) is 4.74 Å². The second kappa shape index (κ2) is 6.68. The first-order valence-electron chi connectivity index (χ1n) is 10.5. The largest absolute Gasteiger partial charge is 0.465 e. The van der Waals surface area contributed by atoms with E-state index in [-0.39, 0.29) is 0 Å². The number of fused-ring (bicyclic) bond motifs is 1. The summed E-state index contributed by atoms with van der Waals surface area (Å²) in [7, 11) is 1.32. The Morgan fingerprint density at radius 3 is 2.66 bits per heavy atom. The first-order chi connectivity index (χ1) is 15.6. The van der Waals surface area contributed by atoms with Crippen molar-refractivity contribution in [2.24, 2.45) is 0 Å². The number of nitrogens with one attached hydrogen (secondary N) is 2. The SMILES string of the molecule is COC(=O)c1ccc2[nH]cc(C3=C(c4cn5c6c(cccc46)CCC5)C(=O)NC3=O)c2c1. The molecule has 0 fully saturated rings. The molecule has 6 rings (SSSR count). The Hall–Kier alpha value is -4.13. The van der Waals surface area contributed by atoms with E-state index in [0.717, 1.165) is 41.4 Å². The van der Waals surface area contributed by atoms with Crippen LogP contribution < -0.4 is 5.32 Å². The zero-order valence-corrected chi connectivity index (χ0v) is 17.3. The number of rotatable bonds is 3. The van der Waals surface area contributed by atoms with Gasteiger partial charge in [0.1, 0.15) is 0 Å². The van der Waals surface area contributed by atoms with Crippen LogP contribution in [0.5, 0.6) is 0 Å². The maximum absolute atomic E-state index is 13.0. The van der Waals surface area contributed by atoms with Crippen molar-refractivity contribution in [2.75, 3.05) is 7.11 Å². The lowest BCUT2D eigenvalue weighted by Gasteiger charge is -2.14. The lowest BCUT2D eigenvalue weighted by molar-refractivity contribution is -0.122. The van der Waals surface area contributed by atoms with Crippen LogP contribution in [-0.4, -0.2) is 34.4 Å². The summed E-state index contributed by atoms with van der Waals surface area (Å²) in [6.07, 6.45) is 5.73. The number of ether oxygens (including phenoxy) is 1. The molecule has 7 nitrogen and oxygen atoms in total. The molecule has 0 saturated carbocycles. The molecule has 4 aromatic rings. The maximum Gasteiger partial charge on any atom is 0.337 e. The molecular formula is C25H19N3O4. The molecule has 4 heterocycles. The van der Waals surface area contributed by atoms with Gasteiger partial charge >= 0.3 is 5.97 Å². The number of nitrogens with zero attached hydrogens (tertiary/aromatic N) is 1. The van der Waals surface area contributed by atoms with E-state index in [2.05, 4.69) is 20.9 Å². The molecule has 32 heavy (non-hydrogen) atoms. The fraction of sp³-hybridized carbons (Fsp3) is 0.160. The fourth-order valence-electron chi connectivity index (χ4n) is 5.00. The van der Waals surface area contributed by atoms with Crippen molar-refractivity contribution in [3.8, 4) is 0 Å². The zero-order chi connectivity index (χ0) is 22.0. The van der Waals surface area contributed by atoms with Crippen molar-refractivity contribution < 1.29 is 19.1 Å². The molecule has 0 bridgehead atoms. The fourth-order valence-corrected chi connectivity index (χ4v) is 5.00. The van der Waals surface area contributed by atoms with Crippen LogP contribution in [0.15, 0.2) is 48.8 Å². The number of H-pyrrole nitrogens is 1. The molecule has 0 radical (unpaired) electrons. The number of esters is 1. The Balaban J connectivity index is 1.64. The highest BCUT2D eigenvalue weighted by Crippen LogP contribution is 2.40. The van der Waals surface area contributed by atoms with Gasteiger partial charge in [0.15, 0.2) is 0 Å². The standard InChI is InChI=1S/C25H19N3O4/c1-32-25(31)14-7-8-19-16(10-14)17(11-26-19)20-21(24(30)27-23(20)29)18-12-28-9-3-5-13-4-2-6-15(18)22(13)28/h2,4,6-8,10-12,26H,3,5,9H2,1H3,(H,27,29,30). The van der Waals surface area contributed by atoms with Gasteiger partial charge < -0.3 is 14.3 Å². The number of methoxy groups -OCH3 is 1. The quantitative estimate of drug-likeness (QED) is 0.389. The summed E-state index contributed by atoms with van der Waals surface area (Å²) >= 11 is 0. The van der Waals surface area contributed by atoms with Crippen molar-refractivity contribution in [1.29, 1.82) is 0 Å². The molecule has 2 aromatic heterocycles. The minimum atomic E-state index is -0.464. The predicted octanol–water partition coefficient (Wildman–Crippen LogP) is 3.42. The van der Waals surface area contributed by atoms with Gasteiger partial charge in [0.05, 0.1) is 29.3 Å². The molecule has 0 unspecified atom stereocenters.